The van der Waals surface area contributed by atoms with Gasteiger partial charge in [-0.3, -0.25) is 10.1 Å². The highest BCUT2D eigenvalue weighted by Crippen LogP contribution is 2.30. The van der Waals surface area contributed by atoms with Gasteiger partial charge in [0.1, 0.15) is 0 Å². The predicted octanol–water partition coefficient (Wildman–Crippen LogP) is 3.08. The zero-order chi connectivity index (χ0) is 17.7. The van der Waals surface area contributed by atoms with Crippen LogP contribution >= 0.6 is 23.1 Å². The van der Waals surface area contributed by atoms with E-state index in [-0.39, 0.29) is 0 Å². The van der Waals surface area contributed by atoms with Gasteiger partial charge in [0.05, 0.1) is 5.25 Å². The van der Waals surface area contributed by atoms with Gasteiger partial charge in [0.25, 0.3) is 0 Å². The Balaban J connectivity index is 1.95. The average molecular weight is 365 g/mol. The molecule has 0 fully saturated rings. The Bertz CT molecular complexity index is 715. The lowest BCUT2D eigenvalue weighted by atomic mass is 10.0. The molecule has 0 radical (unpaired) electrons. The Labute approximate surface area is 148 Å². The first-order valence-corrected chi connectivity index (χ1v) is 9.02. The SMILES string of the molecule is CC(C)c1ccc(Nc2nnc(S[C@@H](C)C(=O)NC(N)=O)s2)cc1. The minimum Gasteiger partial charge on any atom is -0.351 e. The number of nitrogens with two attached hydrogens (primary N) is 1. The fraction of sp³-hybridized carbons (Fsp3) is 0.333. The number of carbonyl (C=O) groups excluding carboxylic acids is 2. The van der Waals surface area contributed by atoms with E-state index in [4.69, 9.17) is 5.73 Å². The molecule has 2 rings (SSSR count). The van der Waals surface area contributed by atoms with Crippen molar-refractivity contribution < 1.29 is 9.59 Å². The third kappa shape index (κ3) is 5.20. The second-order valence-electron chi connectivity index (χ2n) is 5.39. The lowest BCUT2D eigenvalue weighted by molar-refractivity contribution is -0.119. The number of primary amides is 1. The number of thioether (sulfide) groups is 1. The number of aromatic nitrogens is 2. The van der Waals surface area contributed by atoms with E-state index in [1.165, 1.54) is 28.7 Å². The van der Waals surface area contributed by atoms with Crippen LogP contribution in [-0.2, 0) is 4.79 Å². The van der Waals surface area contributed by atoms with Crippen molar-refractivity contribution in [3.8, 4) is 0 Å². The molecule has 1 aromatic heterocycles. The van der Waals surface area contributed by atoms with Crippen LogP contribution in [0.3, 0.4) is 0 Å². The van der Waals surface area contributed by atoms with E-state index in [2.05, 4.69) is 41.5 Å². The molecule has 0 aliphatic carbocycles. The van der Waals surface area contributed by atoms with Gasteiger partial charge in [-0.2, -0.15) is 0 Å². The van der Waals surface area contributed by atoms with Gasteiger partial charge in [-0.05, 0) is 30.5 Å². The number of nitrogens with zero attached hydrogens (tertiary/aromatic N) is 2. The van der Waals surface area contributed by atoms with Crippen molar-refractivity contribution in [1.82, 2.24) is 15.5 Å². The molecule has 0 aliphatic heterocycles. The van der Waals surface area contributed by atoms with E-state index in [0.717, 1.165) is 5.69 Å². The molecule has 1 atom stereocenters. The van der Waals surface area contributed by atoms with Gasteiger partial charge in [0, 0.05) is 5.69 Å². The van der Waals surface area contributed by atoms with Gasteiger partial charge in [-0.1, -0.05) is 49.1 Å². The summed E-state index contributed by atoms with van der Waals surface area (Å²) >= 11 is 2.55. The summed E-state index contributed by atoms with van der Waals surface area (Å²) in [5.74, 6) is 0.0260. The number of nitrogens with one attached hydrogen (secondary N) is 2. The predicted molar refractivity (Wildman–Crippen MR) is 96.8 cm³/mol. The van der Waals surface area contributed by atoms with Crippen LogP contribution in [0, 0.1) is 0 Å². The van der Waals surface area contributed by atoms with E-state index in [1.54, 1.807) is 6.92 Å². The van der Waals surface area contributed by atoms with Gasteiger partial charge < -0.3 is 11.1 Å². The normalized spacial score (nSPS) is 12.0. The quantitative estimate of drug-likeness (QED) is 0.679. The summed E-state index contributed by atoms with van der Waals surface area (Å²) in [6.45, 7) is 5.96. The Morgan fingerprint density at radius 2 is 1.83 bits per heavy atom. The molecule has 7 nitrogen and oxygen atoms in total. The van der Waals surface area contributed by atoms with Crippen LogP contribution in [0.15, 0.2) is 28.6 Å². The number of amides is 3. The molecule has 0 aliphatic rings. The molecule has 4 N–H and O–H groups in total. The molecule has 0 spiro atoms. The molecule has 0 unspecified atom stereocenters. The molecule has 0 bridgehead atoms. The number of anilines is 2. The summed E-state index contributed by atoms with van der Waals surface area (Å²) in [6.07, 6.45) is 0. The van der Waals surface area contributed by atoms with E-state index >= 15 is 0 Å². The Morgan fingerprint density at radius 1 is 1.17 bits per heavy atom. The monoisotopic (exact) mass is 365 g/mol. The molecule has 2 aromatic rings. The lowest BCUT2D eigenvalue weighted by Crippen LogP contribution is -2.39. The van der Waals surface area contributed by atoms with Crippen molar-refractivity contribution in [2.45, 2.75) is 36.3 Å². The van der Waals surface area contributed by atoms with Crippen LogP contribution in [0.25, 0.3) is 0 Å². The number of hydrogen-bond acceptors (Lipinski definition) is 7. The van der Waals surface area contributed by atoms with Crippen molar-refractivity contribution in [3.63, 3.8) is 0 Å². The standard InChI is InChI=1S/C15H19N5O2S2/c1-8(2)10-4-6-11(7-5-10)17-14-19-20-15(24-14)23-9(3)12(21)18-13(16)22/h4-9H,1-3H3,(H,17,19)(H3,16,18,21,22)/t9-/m0/s1. The third-order valence-corrected chi connectivity index (χ3v) is 5.15. The van der Waals surface area contributed by atoms with Gasteiger partial charge in [-0.25, -0.2) is 4.79 Å². The van der Waals surface area contributed by atoms with Crippen LogP contribution < -0.4 is 16.4 Å². The molecule has 3 amide bonds. The van der Waals surface area contributed by atoms with E-state index in [9.17, 15) is 9.59 Å². The van der Waals surface area contributed by atoms with Crippen LogP contribution in [0.4, 0.5) is 15.6 Å². The summed E-state index contributed by atoms with van der Waals surface area (Å²) in [5, 5.41) is 13.5. The number of carbonyl (C=O) groups is 2. The maximum atomic E-state index is 11.7. The van der Waals surface area contributed by atoms with Crippen molar-refractivity contribution >= 4 is 45.9 Å². The fourth-order valence-electron chi connectivity index (χ4n) is 1.81. The molecule has 0 saturated heterocycles. The Kier molecular flexibility index (Phi) is 6.16. The smallest absolute Gasteiger partial charge is 0.318 e. The van der Waals surface area contributed by atoms with E-state index in [0.29, 0.717) is 15.4 Å². The number of hydrogen-bond donors (Lipinski definition) is 3. The van der Waals surface area contributed by atoms with Gasteiger partial charge in [0.2, 0.25) is 11.0 Å². The number of imide groups is 1. The second kappa shape index (κ2) is 8.11. The minimum atomic E-state index is -0.864. The van der Waals surface area contributed by atoms with Crippen molar-refractivity contribution in [3.05, 3.63) is 29.8 Å². The maximum Gasteiger partial charge on any atom is 0.318 e. The Hall–Kier alpha value is -2.13. The number of rotatable bonds is 6. The zero-order valence-corrected chi connectivity index (χ0v) is 15.2. The van der Waals surface area contributed by atoms with E-state index in [1.807, 2.05) is 17.4 Å². The van der Waals surface area contributed by atoms with Crippen LogP contribution in [0.5, 0.6) is 0 Å². The Morgan fingerprint density at radius 3 is 2.42 bits per heavy atom. The van der Waals surface area contributed by atoms with Gasteiger partial charge >= 0.3 is 6.03 Å². The highest BCUT2D eigenvalue weighted by atomic mass is 32.2. The maximum absolute atomic E-state index is 11.7. The average Bonchev–Trinajstić information content (AvgIpc) is 2.94. The number of benzene rings is 1. The molecule has 24 heavy (non-hydrogen) atoms. The van der Waals surface area contributed by atoms with Crippen molar-refractivity contribution in [1.29, 1.82) is 0 Å². The molecular formula is C15H19N5O2S2. The summed E-state index contributed by atoms with van der Waals surface area (Å²) in [6, 6.07) is 7.26. The molecular weight excluding hydrogens is 346 g/mol. The second-order valence-corrected chi connectivity index (χ2v) is 7.95. The summed E-state index contributed by atoms with van der Waals surface area (Å²) < 4.78 is 0.628. The third-order valence-electron chi connectivity index (χ3n) is 3.13. The summed E-state index contributed by atoms with van der Waals surface area (Å²) in [4.78, 5) is 22.3. The van der Waals surface area contributed by atoms with Gasteiger partial charge in [-0.15, -0.1) is 10.2 Å². The zero-order valence-electron chi connectivity index (χ0n) is 13.6. The lowest BCUT2D eigenvalue weighted by Gasteiger charge is -2.07. The molecule has 1 aromatic carbocycles. The van der Waals surface area contributed by atoms with Crippen molar-refractivity contribution in [2.75, 3.05) is 5.32 Å². The first-order valence-electron chi connectivity index (χ1n) is 7.32. The molecule has 1 heterocycles. The largest absolute Gasteiger partial charge is 0.351 e. The molecule has 128 valence electrons. The summed E-state index contributed by atoms with van der Waals surface area (Å²) in [5.41, 5.74) is 7.12. The minimum absolute atomic E-state index is 0.457. The first-order chi connectivity index (χ1) is 11.3. The number of urea groups is 1. The fourth-order valence-corrected chi connectivity index (χ4v) is 3.73. The van der Waals surface area contributed by atoms with Crippen molar-refractivity contribution in [2.24, 2.45) is 5.73 Å². The highest BCUT2D eigenvalue weighted by molar-refractivity contribution is 8.02. The van der Waals surface area contributed by atoms with Crippen LogP contribution in [-0.4, -0.2) is 27.4 Å². The van der Waals surface area contributed by atoms with Gasteiger partial charge in [0.15, 0.2) is 4.34 Å². The van der Waals surface area contributed by atoms with Crippen LogP contribution in [0.2, 0.25) is 0 Å². The van der Waals surface area contributed by atoms with E-state index < -0.39 is 17.2 Å². The molecule has 9 heteroatoms. The highest BCUT2D eigenvalue weighted by Gasteiger charge is 2.18. The topological polar surface area (TPSA) is 110 Å². The first kappa shape index (κ1) is 18.2. The van der Waals surface area contributed by atoms with Crippen LogP contribution in [0.1, 0.15) is 32.3 Å². The summed E-state index contributed by atoms with van der Waals surface area (Å²) in [7, 11) is 0. The molecule has 0 saturated carbocycles.